The van der Waals surface area contributed by atoms with Gasteiger partial charge in [0.05, 0.1) is 5.69 Å². The Morgan fingerprint density at radius 3 is 2.32 bits per heavy atom. The van der Waals surface area contributed by atoms with Crippen molar-refractivity contribution in [2.75, 3.05) is 0 Å². The summed E-state index contributed by atoms with van der Waals surface area (Å²) in [6, 6.07) is 14.0. The number of rotatable bonds is 4. The third-order valence-electron chi connectivity index (χ3n) is 4.02. The van der Waals surface area contributed by atoms with Crippen LogP contribution in [-0.4, -0.2) is 14.4 Å². The first-order valence-electron chi connectivity index (χ1n) is 7.91. The quantitative estimate of drug-likeness (QED) is 0.631. The van der Waals surface area contributed by atoms with Crippen LogP contribution in [0.4, 0.5) is 4.39 Å². The van der Waals surface area contributed by atoms with Crippen molar-refractivity contribution in [3.8, 4) is 11.1 Å². The predicted octanol–water partition coefficient (Wildman–Crippen LogP) is 5.18. The van der Waals surface area contributed by atoms with Crippen LogP contribution in [0.1, 0.15) is 25.6 Å². The number of hydrogen-bond donors (Lipinski definition) is 2. The summed E-state index contributed by atoms with van der Waals surface area (Å²) in [5.41, 5.74) is 3.27. The molecule has 2 aromatic carbocycles. The first-order chi connectivity index (χ1) is 11.8. The Morgan fingerprint density at radius 2 is 1.72 bits per heavy atom. The first-order valence-corrected chi connectivity index (χ1v) is 9.59. The van der Waals surface area contributed by atoms with Crippen LogP contribution in [-0.2, 0) is 4.57 Å². The lowest BCUT2D eigenvalue weighted by molar-refractivity contribution is 0.386. The zero-order valence-corrected chi connectivity index (χ0v) is 14.8. The smallest absolute Gasteiger partial charge is 0.338 e. The molecule has 0 unspecified atom stereocenters. The van der Waals surface area contributed by atoms with E-state index in [0.717, 1.165) is 27.8 Å². The second-order valence-electron chi connectivity index (χ2n) is 6.15. The summed E-state index contributed by atoms with van der Waals surface area (Å²) >= 11 is 0. The lowest BCUT2D eigenvalue weighted by atomic mass is 10.0. The third kappa shape index (κ3) is 3.59. The van der Waals surface area contributed by atoms with Gasteiger partial charge in [0, 0.05) is 28.3 Å². The van der Waals surface area contributed by atoms with Gasteiger partial charge in [0.2, 0.25) is 0 Å². The molecule has 0 aliphatic heterocycles. The van der Waals surface area contributed by atoms with E-state index in [1.54, 1.807) is 12.1 Å². The standard InChI is InChI=1S/C19H19FNO3P/c1-13(2)21-17-6-4-3-5-16(17)19(14-7-9-15(20)10-8-14)18(21)11-12-25(22,23)24/h3-13H,1-2H3,(H2,22,23,24)/b12-11+. The minimum Gasteiger partial charge on any atom is -0.338 e. The van der Waals surface area contributed by atoms with Crippen molar-refractivity contribution in [3.05, 3.63) is 65.9 Å². The molecule has 0 bridgehead atoms. The fourth-order valence-corrected chi connectivity index (χ4v) is 3.43. The average molecular weight is 359 g/mol. The number of fused-ring (bicyclic) bond motifs is 1. The average Bonchev–Trinajstić information content (AvgIpc) is 2.87. The molecule has 0 atom stereocenters. The number of nitrogens with zero attached hydrogens (tertiary/aromatic N) is 1. The van der Waals surface area contributed by atoms with Gasteiger partial charge in [0.25, 0.3) is 0 Å². The molecule has 25 heavy (non-hydrogen) atoms. The van der Waals surface area contributed by atoms with Crippen molar-refractivity contribution in [1.29, 1.82) is 0 Å². The van der Waals surface area contributed by atoms with E-state index in [9.17, 15) is 18.7 Å². The summed E-state index contributed by atoms with van der Waals surface area (Å²) in [5, 5.41) is 0.952. The van der Waals surface area contributed by atoms with Gasteiger partial charge >= 0.3 is 7.60 Å². The van der Waals surface area contributed by atoms with Gasteiger partial charge in [-0.1, -0.05) is 30.3 Å². The van der Waals surface area contributed by atoms with E-state index in [1.807, 2.05) is 42.7 Å². The summed E-state index contributed by atoms with van der Waals surface area (Å²) in [7, 11) is -4.30. The predicted molar refractivity (Wildman–Crippen MR) is 98.8 cm³/mol. The molecule has 0 amide bonds. The molecule has 0 fully saturated rings. The Labute approximate surface area is 145 Å². The maximum Gasteiger partial charge on any atom is 0.349 e. The van der Waals surface area contributed by atoms with E-state index >= 15 is 0 Å². The van der Waals surface area contributed by atoms with Crippen LogP contribution in [0.5, 0.6) is 0 Å². The molecule has 0 saturated heterocycles. The molecule has 0 aliphatic carbocycles. The van der Waals surface area contributed by atoms with Crippen LogP contribution in [0.3, 0.4) is 0 Å². The second kappa shape index (κ2) is 6.60. The van der Waals surface area contributed by atoms with E-state index in [1.165, 1.54) is 18.2 Å². The van der Waals surface area contributed by atoms with Gasteiger partial charge in [-0.15, -0.1) is 0 Å². The van der Waals surface area contributed by atoms with E-state index in [-0.39, 0.29) is 11.9 Å². The molecule has 2 N–H and O–H groups in total. The van der Waals surface area contributed by atoms with Gasteiger partial charge in [0.15, 0.2) is 0 Å². The van der Waals surface area contributed by atoms with Gasteiger partial charge in [-0.3, -0.25) is 4.57 Å². The highest BCUT2D eigenvalue weighted by atomic mass is 31.2. The Kier molecular flexibility index (Phi) is 4.65. The van der Waals surface area contributed by atoms with Crippen molar-refractivity contribution in [2.24, 2.45) is 0 Å². The van der Waals surface area contributed by atoms with Crippen molar-refractivity contribution < 1.29 is 18.7 Å². The second-order valence-corrected chi connectivity index (χ2v) is 7.63. The molecule has 1 heterocycles. The molecule has 0 radical (unpaired) electrons. The normalized spacial score (nSPS) is 12.6. The number of aromatic nitrogens is 1. The number of benzene rings is 2. The van der Waals surface area contributed by atoms with Crippen LogP contribution in [0.25, 0.3) is 28.1 Å². The van der Waals surface area contributed by atoms with Crippen molar-refractivity contribution in [3.63, 3.8) is 0 Å². The molecule has 0 spiro atoms. The Morgan fingerprint density at radius 1 is 1.08 bits per heavy atom. The Hall–Kier alpha value is -2.20. The van der Waals surface area contributed by atoms with E-state index in [4.69, 9.17) is 0 Å². The number of halogens is 1. The number of hydrogen-bond acceptors (Lipinski definition) is 1. The molecule has 6 heteroatoms. The highest BCUT2D eigenvalue weighted by Gasteiger charge is 2.19. The van der Waals surface area contributed by atoms with Gasteiger partial charge in [-0.25, -0.2) is 4.39 Å². The summed E-state index contributed by atoms with van der Waals surface area (Å²) in [4.78, 5) is 18.5. The Bertz CT molecular complexity index is 984. The number of para-hydroxylation sites is 1. The highest BCUT2D eigenvalue weighted by molar-refractivity contribution is 7.55. The summed E-state index contributed by atoms with van der Waals surface area (Å²) < 4.78 is 26.7. The zero-order valence-electron chi connectivity index (χ0n) is 13.9. The van der Waals surface area contributed by atoms with Crippen LogP contribution in [0.15, 0.2) is 54.3 Å². The van der Waals surface area contributed by atoms with Crippen LogP contribution < -0.4 is 0 Å². The third-order valence-corrected chi connectivity index (χ3v) is 4.56. The van der Waals surface area contributed by atoms with E-state index in [0.29, 0.717) is 5.69 Å². The molecule has 1 aromatic heterocycles. The minimum atomic E-state index is -4.30. The van der Waals surface area contributed by atoms with Gasteiger partial charge < -0.3 is 14.4 Å². The molecular formula is C19H19FNO3P. The fraction of sp³-hybridized carbons (Fsp3) is 0.158. The summed E-state index contributed by atoms with van der Waals surface area (Å²) in [6.45, 7) is 4.02. The lowest BCUT2D eigenvalue weighted by Gasteiger charge is -2.13. The maximum atomic E-state index is 13.3. The molecule has 130 valence electrons. The Balaban J connectivity index is 2.38. The van der Waals surface area contributed by atoms with Crippen molar-refractivity contribution >= 4 is 24.6 Å². The van der Waals surface area contributed by atoms with Crippen molar-refractivity contribution in [1.82, 2.24) is 4.57 Å². The van der Waals surface area contributed by atoms with Gasteiger partial charge in [-0.2, -0.15) is 0 Å². The van der Waals surface area contributed by atoms with Crippen LogP contribution >= 0.6 is 7.60 Å². The highest BCUT2D eigenvalue weighted by Crippen LogP contribution is 2.41. The first kappa shape index (κ1) is 17.6. The lowest BCUT2D eigenvalue weighted by Crippen LogP contribution is -2.02. The van der Waals surface area contributed by atoms with E-state index in [2.05, 4.69) is 0 Å². The summed E-state index contributed by atoms with van der Waals surface area (Å²) in [5.74, 6) is 0.580. The van der Waals surface area contributed by atoms with Gasteiger partial charge in [-0.05, 0) is 43.7 Å². The SMILES string of the molecule is CC(C)n1c(/C=C/P(=O)(O)O)c(-c2ccc(F)cc2)c2ccccc21. The van der Waals surface area contributed by atoms with E-state index < -0.39 is 7.60 Å². The topological polar surface area (TPSA) is 62.5 Å². The monoisotopic (exact) mass is 359 g/mol. The largest absolute Gasteiger partial charge is 0.349 e. The minimum absolute atomic E-state index is 0.0792. The van der Waals surface area contributed by atoms with Crippen LogP contribution in [0, 0.1) is 5.82 Å². The van der Waals surface area contributed by atoms with Crippen LogP contribution in [0.2, 0.25) is 0 Å². The molecule has 0 aliphatic rings. The summed E-state index contributed by atoms with van der Waals surface area (Å²) in [6.07, 6.45) is 1.46. The van der Waals surface area contributed by atoms with Gasteiger partial charge in [0.1, 0.15) is 5.82 Å². The maximum absolute atomic E-state index is 13.3. The molecule has 4 nitrogen and oxygen atoms in total. The molecular weight excluding hydrogens is 340 g/mol. The molecule has 3 rings (SSSR count). The molecule has 3 aromatic rings. The van der Waals surface area contributed by atoms with Crippen molar-refractivity contribution in [2.45, 2.75) is 19.9 Å². The zero-order chi connectivity index (χ0) is 18.2. The fourth-order valence-electron chi connectivity index (χ4n) is 3.09. The molecule has 0 saturated carbocycles.